The minimum Gasteiger partial charge on any atom is -0.391 e. The number of fused-ring (bicyclic) bond motifs is 1. The molecule has 3 aromatic rings. The first-order valence-corrected chi connectivity index (χ1v) is 6.41. The Kier molecular flexibility index (Phi) is 2.37. The summed E-state index contributed by atoms with van der Waals surface area (Å²) < 4.78 is 0. The highest BCUT2D eigenvalue weighted by Gasteiger charge is 2.10. The molecule has 0 fully saturated rings. The average Bonchev–Trinajstić information content (AvgIpc) is 2.93. The fraction of sp³-hybridized carbons (Fsp3) is 0.154. The van der Waals surface area contributed by atoms with Gasteiger partial charge >= 0.3 is 0 Å². The Balaban J connectivity index is 2.18. The molecule has 0 saturated heterocycles. The standard InChI is InChI=1S/C13H13N3S/c1-2-12-9(6-13(14)17-12)10-5-8-3-4-15-11(8)7-16-10/h3-7,15H,2,14H2,1H3. The van der Waals surface area contributed by atoms with Gasteiger partial charge in [-0.05, 0) is 24.6 Å². The first kappa shape index (κ1) is 10.4. The molecular formula is C13H13N3S. The van der Waals surface area contributed by atoms with Crippen LogP contribution in [0, 0.1) is 0 Å². The molecule has 0 unspecified atom stereocenters. The van der Waals surface area contributed by atoms with Gasteiger partial charge in [-0.15, -0.1) is 11.3 Å². The summed E-state index contributed by atoms with van der Waals surface area (Å²) in [6.45, 7) is 2.14. The molecule has 0 saturated carbocycles. The number of thiophene rings is 1. The monoisotopic (exact) mass is 243 g/mol. The summed E-state index contributed by atoms with van der Waals surface area (Å²) in [6.07, 6.45) is 4.79. The number of hydrogen-bond acceptors (Lipinski definition) is 3. The Bertz CT molecular complexity index is 666. The number of aromatic amines is 1. The molecule has 0 bridgehead atoms. The topological polar surface area (TPSA) is 54.7 Å². The summed E-state index contributed by atoms with van der Waals surface area (Å²) >= 11 is 1.65. The van der Waals surface area contributed by atoms with E-state index in [1.807, 2.05) is 18.5 Å². The lowest BCUT2D eigenvalue weighted by Gasteiger charge is -2.00. The van der Waals surface area contributed by atoms with E-state index in [1.54, 1.807) is 11.3 Å². The molecule has 0 aliphatic heterocycles. The quantitative estimate of drug-likeness (QED) is 0.724. The van der Waals surface area contributed by atoms with Crippen LogP contribution >= 0.6 is 11.3 Å². The van der Waals surface area contributed by atoms with E-state index in [1.165, 1.54) is 10.3 Å². The van der Waals surface area contributed by atoms with Gasteiger partial charge in [-0.2, -0.15) is 0 Å². The number of nitrogens with two attached hydrogens (primary N) is 1. The Hall–Kier alpha value is -1.81. The SMILES string of the molecule is CCc1sc(N)cc1-c1cc2cc[nH]c2cn1. The zero-order chi connectivity index (χ0) is 11.8. The molecule has 3 nitrogen and oxygen atoms in total. The van der Waals surface area contributed by atoms with Crippen LogP contribution in [-0.2, 0) is 6.42 Å². The number of nitrogens with one attached hydrogen (secondary N) is 1. The highest BCUT2D eigenvalue weighted by atomic mass is 32.1. The van der Waals surface area contributed by atoms with Crippen LogP contribution in [0.5, 0.6) is 0 Å². The van der Waals surface area contributed by atoms with Crippen molar-refractivity contribution in [2.45, 2.75) is 13.3 Å². The number of rotatable bonds is 2. The van der Waals surface area contributed by atoms with Crippen LogP contribution in [0.1, 0.15) is 11.8 Å². The van der Waals surface area contributed by atoms with Crippen LogP contribution in [-0.4, -0.2) is 9.97 Å². The van der Waals surface area contributed by atoms with Gasteiger partial charge in [0.15, 0.2) is 0 Å². The van der Waals surface area contributed by atoms with Crippen molar-refractivity contribution >= 4 is 27.2 Å². The molecule has 0 spiro atoms. The molecule has 3 N–H and O–H groups in total. The van der Waals surface area contributed by atoms with Crippen LogP contribution in [0.3, 0.4) is 0 Å². The summed E-state index contributed by atoms with van der Waals surface area (Å²) in [7, 11) is 0. The van der Waals surface area contributed by atoms with E-state index in [0.717, 1.165) is 28.2 Å². The Morgan fingerprint density at radius 1 is 1.41 bits per heavy atom. The van der Waals surface area contributed by atoms with Gasteiger partial charge in [-0.25, -0.2) is 0 Å². The van der Waals surface area contributed by atoms with Gasteiger partial charge < -0.3 is 10.7 Å². The number of aryl methyl sites for hydroxylation is 1. The fourth-order valence-electron chi connectivity index (χ4n) is 2.03. The molecule has 86 valence electrons. The summed E-state index contributed by atoms with van der Waals surface area (Å²) in [4.78, 5) is 8.93. The molecule has 0 aliphatic rings. The molecule has 0 atom stereocenters. The smallest absolute Gasteiger partial charge is 0.0866 e. The van der Waals surface area contributed by atoms with Crippen LogP contribution in [0.25, 0.3) is 22.2 Å². The molecule has 4 heteroatoms. The van der Waals surface area contributed by atoms with Crippen molar-refractivity contribution in [1.82, 2.24) is 9.97 Å². The summed E-state index contributed by atoms with van der Waals surface area (Å²) in [6, 6.07) is 6.18. The van der Waals surface area contributed by atoms with Gasteiger partial charge in [0.05, 0.1) is 22.4 Å². The summed E-state index contributed by atoms with van der Waals surface area (Å²) in [5.41, 5.74) is 9.10. The van der Waals surface area contributed by atoms with Crippen LogP contribution in [0.4, 0.5) is 5.00 Å². The maximum absolute atomic E-state index is 5.87. The van der Waals surface area contributed by atoms with E-state index in [0.29, 0.717) is 0 Å². The van der Waals surface area contributed by atoms with Crippen molar-refractivity contribution in [1.29, 1.82) is 0 Å². The van der Waals surface area contributed by atoms with Gasteiger partial charge in [-0.1, -0.05) is 6.92 Å². The molecule has 0 aromatic carbocycles. The Labute approximate surface area is 103 Å². The number of H-pyrrole nitrogens is 1. The average molecular weight is 243 g/mol. The third-order valence-electron chi connectivity index (χ3n) is 2.86. The van der Waals surface area contributed by atoms with Crippen molar-refractivity contribution in [3.63, 3.8) is 0 Å². The molecule has 3 heterocycles. The number of pyridine rings is 1. The lowest BCUT2D eigenvalue weighted by molar-refractivity contribution is 1.18. The second kappa shape index (κ2) is 3.89. The van der Waals surface area contributed by atoms with Crippen LogP contribution < -0.4 is 5.73 Å². The van der Waals surface area contributed by atoms with Gasteiger partial charge in [0, 0.05) is 22.0 Å². The normalized spacial score (nSPS) is 11.1. The maximum Gasteiger partial charge on any atom is 0.0866 e. The Morgan fingerprint density at radius 3 is 3.12 bits per heavy atom. The van der Waals surface area contributed by atoms with E-state index >= 15 is 0 Å². The van der Waals surface area contributed by atoms with Crippen LogP contribution in [0.15, 0.2) is 30.6 Å². The van der Waals surface area contributed by atoms with Gasteiger partial charge in [0.1, 0.15) is 0 Å². The van der Waals surface area contributed by atoms with Gasteiger partial charge in [0.25, 0.3) is 0 Å². The van der Waals surface area contributed by atoms with Crippen molar-refractivity contribution < 1.29 is 0 Å². The predicted molar refractivity (Wildman–Crippen MR) is 73.2 cm³/mol. The number of anilines is 1. The highest BCUT2D eigenvalue weighted by Crippen LogP contribution is 2.33. The second-order valence-electron chi connectivity index (χ2n) is 3.97. The van der Waals surface area contributed by atoms with Crippen molar-refractivity contribution in [3.05, 3.63) is 35.5 Å². The molecule has 0 amide bonds. The first-order chi connectivity index (χ1) is 8.28. The highest BCUT2D eigenvalue weighted by molar-refractivity contribution is 7.16. The maximum atomic E-state index is 5.87. The zero-order valence-corrected chi connectivity index (χ0v) is 10.3. The molecule has 0 aliphatic carbocycles. The minimum atomic E-state index is 0.854. The van der Waals surface area contributed by atoms with Gasteiger partial charge in [-0.3, -0.25) is 4.98 Å². The summed E-state index contributed by atoms with van der Waals surface area (Å²) in [5.74, 6) is 0. The first-order valence-electron chi connectivity index (χ1n) is 5.59. The number of aromatic nitrogens is 2. The predicted octanol–water partition coefficient (Wildman–Crippen LogP) is 3.44. The van der Waals surface area contributed by atoms with E-state index in [2.05, 4.69) is 29.0 Å². The van der Waals surface area contributed by atoms with Gasteiger partial charge in [0.2, 0.25) is 0 Å². The minimum absolute atomic E-state index is 0.854. The van der Waals surface area contributed by atoms with Crippen molar-refractivity contribution in [2.75, 3.05) is 5.73 Å². The molecule has 3 aromatic heterocycles. The lowest BCUT2D eigenvalue weighted by Crippen LogP contribution is -1.85. The summed E-state index contributed by atoms with van der Waals surface area (Å²) in [5, 5.41) is 2.04. The third-order valence-corrected chi connectivity index (χ3v) is 3.97. The Morgan fingerprint density at radius 2 is 2.29 bits per heavy atom. The van der Waals surface area contributed by atoms with E-state index < -0.39 is 0 Å². The molecule has 3 rings (SSSR count). The van der Waals surface area contributed by atoms with E-state index in [4.69, 9.17) is 5.73 Å². The largest absolute Gasteiger partial charge is 0.391 e. The van der Waals surface area contributed by atoms with E-state index in [9.17, 15) is 0 Å². The third kappa shape index (κ3) is 1.70. The van der Waals surface area contributed by atoms with Crippen molar-refractivity contribution in [3.8, 4) is 11.3 Å². The fourth-order valence-corrected chi connectivity index (χ4v) is 2.91. The number of nitrogens with zero attached hydrogens (tertiary/aromatic N) is 1. The molecule has 17 heavy (non-hydrogen) atoms. The lowest BCUT2D eigenvalue weighted by atomic mass is 10.1. The number of hydrogen-bond donors (Lipinski definition) is 2. The van der Waals surface area contributed by atoms with Crippen LogP contribution in [0.2, 0.25) is 0 Å². The van der Waals surface area contributed by atoms with Crippen molar-refractivity contribution in [2.24, 2.45) is 0 Å². The van der Waals surface area contributed by atoms with E-state index in [-0.39, 0.29) is 0 Å². The molecular weight excluding hydrogens is 230 g/mol. The molecule has 0 radical (unpaired) electrons. The number of nitrogen functional groups attached to an aromatic ring is 1. The second-order valence-corrected chi connectivity index (χ2v) is 5.14. The zero-order valence-electron chi connectivity index (χ0n) is 9.53.